The number of benzene rings is 2. The number of rotatable bonds is 2. The number of carbonyl (C=O) groups is 1. The maximum absolute atomic E-state index is 12.8. The van der Waals surface area contributed by atoms with Gasteiger partial charge in [-0.2, -0.15) is 23.1 Å². The molecule has 2 aromatic carbocycles. The highest BCUT2D eigenvalue weighted by Crippen LogP contribution is 2.23. The number of aromatic nitrogens is 2. The molecule has 9 nitrogen and oxygen atoms in total. The molecule has 6 bridgehead atoms. The molecule has 4 aliphatic heterocycles. The van der Waals surface area contributed by atoms with Crippen molar-refractivity contribution in [2.24, 2.45) is 5.41 Å². The summed E-state index contributed by atoms with van der Waals surface area (Å²) in [5.41, 5.74) is 1.82. The van der Waals surface area contributed by atoms with Gasteiger partial charge < -0.3 is 30.7 Å². The van der Waals surface area contributed by atoms with Gasteiger partial charge in [-0.1, -0.05) is 26.0 Å². The quantitative estimate of drug-likeness (QED) is 0.352. The smallest absolute Gasteiger partial charge is 0.422 e. The minimum absolute atomic E-state index is 0.160. The largest absolute Gasteiger partial charge is 0.494 e. The van der Waals surface area contributed by atoms with E-state index in [4.69, 9.17) is 9.47 Å². The Kier molecular flexibility index (Phi) is 9.30. The molecule has 4 N–H and O–H groups in total. The van der Waals surface area contributed by atoms with Crippen LogP contribution in [0.1, 0.15) is 36.2 Å². The first-order valence-electron chi connectivity index (χ1n) is 12.9. The van der Waals surface area contributed by atoms with Gasteiger partial charge in [0.25, 0.3) is 5.91 Å². The van der Waals surface area contributed by atoms with E-state index in [1.54, 1.807) is 30.3 Å². The highest BCUT2D eigenvalue weighted by atomic mass is 19.4. The van der Waals surface area contributed by atoms with Gasteiger partial charge >= 0.3 is 12.2 Å². The van der Waals surface area contributed by atoms with Crippen LogP contribution >= 0.6 is 0 Å². The zero-order valence-corrected chi connectivity index (χ0v) is 22.4. The Morgan fingerprint density at radius 1 is 0.975 bits per heavy atom. The zero-order valence-electron chi connectivity index (χ0n) is 22.4. The summed E-state index contributed by atoms with van der Waals surface area (Å²) in [6.07, 6.45) is -3.72. The Balaban J connectivity index is 1.56. The van der Waals surface area contributed by atoms with Crippen LogP contribution in [0.2, 0.25) is 0 Å². The first-order valence-corrected chi connectivity index (χ1v) is 12.9. The summed E-state index contributed by atoms with van der Waals surface area (Å²) in [5, 5.41) is 12.5. The molecule has 0 atom stereocenters. The maximum atomic E-state index is 12.8. The third-order valence-electron chi connectivity index (χ3n) is 5.98. The van der Waals surface area contributed by atoms with E-state index < -0.39 is 18.8 Å². The van der Waals surface area contributed by atoms with E-state index in [0.717, 1.165) is 30.8 Å². The van der Waals surface area contributed by atoms with Gasteiger partial charge in [0, 0.05) is 37.0 Å². The van der Waals surface area contributed by atoms with E-state index in [2.05, 4.69) is 45.1 Å². The van der Waals surface area contributed by atoms with Gasteiger partial charge in [-0.05, 0) is 60.3 Å². The highest BCUT2D eigenvalue weighted by Gasteiger charge is 2.29. The summed E-state index contributed by atoms with van der Waals surface area (Å²) < 4.78 is 48.9. The predicted octanol–water partition coefficient (Wildman–Crippen LogP) is 4.90. The van der Waals surface area contributed by atoms with Crippen LogP contribution in [0.5, 0.6) is 11.8 Å². The number of nitrogens with zero attached hydrogens (tertiary/aromatic N) is 2. The van der Waals surface area contributed by atoms with Crippen LogP contribution in [0.3, 0.4) is 0 Å². The van der Waals surface area contributed by atoms with Crippen LogP contribution < -0.4 is 30.7 Å². The molecular weight excluding hydrogens is 525 g/mol. The molecule has 0 spiro atoms. The lowest BCUT2D eigenvalue weighted by Crippen LogP contribution is -2.40. The van der Waals surface area contributed by atoms with Gasteiger partial charge in [0.1, 0.15) is 17.4 Å². The average molecular weight is 559 g/mol. The van der Waals surface area contributed by atoms with Crippen molar-refractivity contribution in [2.45, 2.75) is 33.0 Å². The van der Waals surface area contributed by atoms with Gasteiger partial charge in [0.15, 0.2) is 6.61 Å². The SMILES string of the molecule is CC1(C)CNCCCOc2ccc(cc2)CNc2cc(nc(OCC(F)(F)F)n2)Nc2ccc(cc2)C(=O)NC1. The monoisotopic (exact) mass is 558 g/mol. The number of carbonyl (C=O) groups excluding carboxylic acids is 1. The molecule has 0 radical (unpaired) electrons. The third kappa shape index (κ3) is 9.30. The molecule has 214 valence electrons. The molecule has 5 heterocycles. The third-order valence-corrected chi connectivity index (χ3v) is 5.98. The lowest BCUT2D eigenvalue weighted by Gasteiger charge is -2.25. The average Bonchev–Trinajstić information content (AvgIpc) is 2.91. The summed E-state index contributed by atoms with van der Waals surface area (Å²) >= 11 is 0. The van der Waals surface area contributed by atoms with Crippen molar-refractivity contribution in [3.05, 3.63) is 65.7 Å². The number of amides is 1. The van der Waals surface area contributed by atoms with E-state index in [1.165, 1.54) is 0 Å². The summed E-state index contributed by atoms with van der Waals surface area (Å²) in [7, 11) is 0. The molecule has 0 saturated carbocycles. The molecule has 1 amide bonds. The maximum Gasteiger partial charge on any atom is 0.422 e. The number of nitrogens with one attached hydrogen (secondary N) is 4. The summed E-state index contributed by atoms with van der Waals surface area (Å²) in [6.45, 7) is 5.54. The topological polar surface area (TPSA) is 109 Å². The second-order valence-corrected chi connectivity index (χ2v) is 10.3. The second kappa shape index (κ2) is 12.9. The van der Waals surface area contributed by atoms with E-state index >= 15 is 0 Å². The number of hydrogen-bond acceptors (Lipinski definition) is 8. The van der Waals surface area contributed by atoms with Crippen LogP contribution in [-0.4, -0.2) is 54.9 Å². The van der Waals surface area contributed by atoms with Crippen molar-refractivity contribution in [1.82, 2.24) is 20.6 Å². The minimum Gasteiger partial charge on any atom is -0.494 e. The van der Waals surface area contributed by atoms with Gasteiger partial charge in [-0.15, -0.1) is 0 Å². The molecule has 0 unspecified atom stereocenters. The van der Waals surface area contributed by atoms with Gasteiger partial charge in [0.2, 0.25) is 0 Å². The Bertz CT molecular complexity index is 1270. The van der Waals surface area contributed by atoms with Crippen molar-refractivity contribution in [1.29, 1.82) is 0 Å². The number of hydrogen-bond donors (Lipinski definition) is 4. The fourth-order valence-corrected chi connectivity index (χ4v) is 3.84. The zero-order chi connectivity index (χ0) is 28.6. The Morgan fingerprint density at radius 2 is 1.70 bits per heavy atom. The van der Waals surface area contributed by atoms with Crippen LogP contribution in [0.4, 0.5) is 30.5 Å². The molecule has 0 saturated heterocycles. The van der Waals surface area contributed by atoms with Crippen LogP contribution in [-0.2, 0) is 6.54 Å². The van der Waals surface area contributed by atoms with E-state index in [1.807, 2.05) is 24.3 Å². The predicted molar refractivity (Wildman–Crippen MR) is 146 cm³/mol. The van der Waals surface area contributed by atoms with Crippen molar-refractivity contribution in [3.63, 3.8) is 0 Å². The van der Waals surface area contributed by atoms with Crippen LogP contribution in [0.25, 0.3) is 0 Å². The van der Waals surface area contributed by atoms with Crippen molar-refractivity contribution < 1.29 is 27.4 Å². The summed E-state index contributed by atoms with van der Waals surface area (Å²) in [5.74, 6) is 1.03. The molecule has 40 heavy (non-hydrogen) atoms. The fraction of sp³-hybridized carbons (Fsp3) is 0.393. The molecule has 12 heteroatoms. The molecular formula is C28H33F3N6O3. The van der Waals surface area contributed by atoms with Crippen molar-refractivity contribution >= 4 is 23.2 Å². The number of alkyl halides is 3. The lowest BCUT2D eigenvalue weighted by atomic mass is 9.93. The van der Waals surface area contributed by atoms with Gasteiger partial charge in [-0.25, -0.2) is 0 Å². The molecule has 0 fully saturated rings. The second-order valence-electron chi connectivity index (χ2n) is 10.3. The van der Waals surface area contributed by atoms with E-state index in [9.17, 15) is 18.0 Å². The highest BCUT2D eigenvalue weighted by molar-refractivity contribution is 5.94. The van der Waals surface area contributed by atoms with E-state index in [-0.39, 0.29) is 23.0 Å². The summed E-state index contributed by atoms with van der Waals surface area (Å²) in [6, 6.07) is 15.4. The number of anilines is 3. The molecule has 3 aromatic rings. The molecule has 1 aromatic heterocycles. The minimum atomic E-state index is -4.54. The Morgan fingerprint density at radius 3 is 2.42 bits per heavy atom. The Hall–Kier alpha value is -4.06. The van der Waals surface area contributed by atoms with E-state index in [0.29, 0.717) is 30.9 Å². The standard InChI is InChI=1S/C28H33F3N6O3/c1-27(2)16-32-12-3-13-39-22-10-4-19(5-11-22)15-33-23-14-24(37-26(36-23)40-18-28(29,30)31)35-21-8-6-20(7-9-21)25(38)34-17-27/h4-11,14,32H,3,12-13,15-18H2,1-2H3,(H,34,38)(H2,33,35,36,37). The van der Waals surface area contributed by atoms with Gasteiger partial charge in [0.05, 0.1) is 6.61 Å². The molecule has 0 aliphatic carbocycles. The Labute approximate surface area is 230 Å². The van der Waals surface area contributed by atoms with Crippen molar-refractivity contribution in [3.8, 4) is 11.8 Å². The first-order chi connectivity index (χ1) is 19.0. The number of halogens is 3. The number of ether oxygens (including phenoxy) is 2. The van der Waals surface area contributed by atoms with Crippen LogP contribution in [0.15, 0.2) is 54.6 Å². The lowest BCUT2D eigenvalue weighted by molar-refractivity contribution is -0.154. The van der Waals surface area contributed by atoms with Crippen LogP contribution in [0, 0.1) is 5.41 Å². The molecule has 4 aliphatic rings. The first kappa shape index (κ1) is 28.9. The molecule has 7 rings (SSSR count). The summed E-state index contributed by atoms with van der Waals surface area (Å²) in [4.78, 5) is 20.8. The van der Waals surface area contributed by atoms with Crippen molar-refractivity contribution in [2.75, 3.05) is 43.5 Å². The fourth-order valence-electron chi connectivity index (χ4n) is 3.84. The normalized spacial score (nSPS) is 16.6. The van der Waals surface area contributed by atoms with Gasteiger partial charge in [-0.3, -0.25) is 4.79 Å².